The summed E-state index contributed by atoms with van der Waals surface area (Å²) < 4.78 is 30.3. The van der Waals surface area contributed by atoms with Gasteiger partial charge in [-0.15, -0.1) is 0 Å². The molecule has 0 heterocycles. The molecule has 0 spiro atoms. The summed E-state index contributed by atoms with van der Waals surface area (Å²) in [6.07, 6.45) is 0. The molecule has 150 valence electrons. The van der Waals surface area contributed by atoms with Gasteiger partial charge in [0.05, 0.1) is 0 Å². The lowest BCUT2D eigenvalue weighted by Crippen LogP contribution is -2.57. The maximum Gasteiger partial charge on any atom is 0.537 e. The molecule has 0 atom stereocenters. The molecule has 0 radical (unpaired) electrons. The quantitative estimate of drug-likeness (QED) is 0.594. The van der Waals surface area contributed by atoms with Crippen molar-refractivity contribution in [1.82, 2.24) is 0 Å². The van der Waals surface area contributed by atoms with Gasteiger partial charge in [0.2, 0.25) is 0 Å². The minimum Gasteiger partial charge on any atom is -0.484 e. The monoisotopic (exact) mass is 384 g/mol. The zero-order valence-electron chi connectivity index (χ0n) is 17.9. The molecule has 0 saturated carbocycles. The Bertz CT molecular complexity index is 543. The number of ether oxygens (including phenoxy) is 2. The first-order valence-corrected chi connectivity index (χ1v) is 11.1. The Morgan fingerprint density at radius 1 is 0.692 bits per heavy atom. The average molecular weight is 385 g/mol. The normalized spacial score (nSPS) is 13.0. The molecule has 5 nitrogen and oxygen atoms in total. The standard InChI is InChI=1S/C20H36O5Si/c1-10-21-26(22-11-2,23-12-3)16-13-14-17(24-19(4,5)6)18(15-16)25-20(7,8)9/h13-15H,10-12H2,1-9H3. The molecule has 1 aromatic carbocycles. The van der Waals surface area contributed by atoms with Crippen LogP contribution in [0.5, 0.6) is 11.5 Å². The number of hydrogen-bond donors (Lipinski definition) is 0. The topological polar surface area (TPSA) is 46.2 Å². The summed E-state index contributed by atoms with van der Waals surface area (Å²) in [5.74, 6) is 1.37. The van der Waals surface area contributed by atoms with E-state index in [1.165, 1.54) is 0 Å². The van der Waals surface area contributed by atoms with E-state index in [1.54, 1.807) is 0 Å². The van der Waals surface area contributed by atoms with E-state index in [-0.39, 0.29) is 11.2 Å². The van der Waals surface area contributed by atoms with Crippen LogP contribution >= 0.6 is 0 Å². The molecule has 0 aliphatic heterocycles. The van der Waals surface area contributed by atoms with E-state index in [2.05, 4.69) is 0 Å². The van der Waals surface area contributed by atoms with Gasteiger partial charge in [0.15, 0.2) is 11.5 Å². The number of rotatable bonds is 9. The summed E-state index contributed by atoms with van der Waals surface area (Å²) >= 11 is 0. The minimum absolute atomic E-state index is 0.328. The van der Waals surface area contributed by atoms with Crippen LogP contribution in [0.25, 0.3) is 0 Å². The number of hydrogen-bond acceptors (Lipinski definition) is 5. The third kappa shape index (κ3) is 6.91. The summed E-state index contributed by atoms with van der Waals surface area (Å²) in [6, 6.07) is 5.82. The fourth-order valence-corrected chi connectivity index (χ4v) is 4.95. The molecule has 0 N–H and O–H groups in total. The summed E-state index contributed by atoms with van der Waals surface area (Å²) in [4.78, 5) is 0. The lowest BCUT2D eigenvalue weighted by Gasteiger charge is -2.31. The fourth-order valence-electron chi connectivity index (χ4n) is 2.47. The Morgan fingerprint density at radius 3 is 1.50 bits per heavy atom. The van der Waals surface area contributed by atoms with Gasteiger partial charge in [-0.25, -0.2) is 0 Å². The van der Waals surface area contributed by atoms with Crippen molar-refractivity contribution in [3.8, 4) is 11.5 Å². The first-order valence-electron chi connectivity index (χ1n) is 9.40. The molecule has 0 amide bonds. The van der Waals surface area contributed by atoms with Crippen LogP contribution in [0.2, 0.25) is 0 Å². The maximum atomic E-state index is 6.18. The van der Waals surface area contributed by atoms with E-state index in [0.29, 0.717) is 31.3 Å². The third-order valence-electron chi connectivity index (χ3n) is 3.13. The van der Waals surface area contributed by atoms with Crippen LogP contribution in [0.15, 0.2) is 18.2 Å². The summed E-state index contributed by atoms with van der Waals surface area (Å²) in [5.41, 5.74) is -0.687. The van der Waals surface area contributed by atoms with Gasteiger partial charge in [-0.3, -0.25) is 0 Å². The zero-order valence-corrected chi connectivity index (χ0v) is 18.9. The van der Waals surface area contributed by atoms with Crippen LogP contribution in [-0.2, 0) is 13.3 Å². The van der Waals surface area contributed by atoms with Crippen LogP contribution in [0.3, 0.4) is 0 Å². The average Bonchev–Trinajstić information content (AvgIpc) is 2.47. The summed E-state index contributed by atoms with van der Waals surface area (Å²) in [6.45, 7) is 19.5. The SMILES string of the molecule is CCO[Si](OCC)(OCC)c1ccc(OC(C)(C)C)c(OC(C)(C)C)c1. The van der Waals surface area contributed by atoms with E-state index in [0.717, 1.165) is 5.19 Å². The molecular weight excluding hydrogens is 348 g/mol. The fraction of sp³-hybridized carbons (Fsp3) is 0.700. The van der Waals surface area contributed by atoms with Crippen molar-refractivity contribution in [3.63, 3.8) is 0 Å². The molecule has 0 unspecified atom stereocenters. The molecule has 0 bridgehead atoms. The lowest BCUT2D eigenvalue weighted by molar-refractivity contribution is 0.0846. The molecule has 0 aliphatic rings. The van der Waals surface area contributed by atoms with E-state index < -0.39 is 8.80 Å². The highest BCUT2D eigenvalue weighted by molar-refractivity contribution is 6.75. The molecule has 0 saturated heterocycles. The number of benzene rings is 1. The van der Waals surface area contributed by atoms with Gasteiger partial charge in [0, 0.05) is 25.0 Å². The molecular formula is C20H36O5Si. The van der Waals surface area contributed by atoms with E-state index in [9.17, 15) is 0 Å². The van der Waals surface area contributed by atoms with E-state index in [1.807, 2.05) is 80.5 Å². The highest BCUT2D eigenvalue weighted by Gasteiger charge is 2.44. The van der Waals surface area contributed by atoms with Gasteiger partial charge in [-0.1, -0.05) is 6.07 Å². The van der Waals surface area contributed by atoms with Crippen LogP contribution in [-0.4, -0.2) is 39.8 Å². The van der Waals surface area contributed by atoms with E-state index >= 15 is 0 Å². The van der Waals surface area contributed by atoms with Crippen molar-refractivity contribution < 1.29 is 22.8 Å². The summed E-state index contributed by atoms with van der Waals surface area (Å²) in [7, 11) is -3.00. The van der Waals surface area contributed by atoms with Crippen molar-refractivity contribution in [3.05, 3.63) is 18.2 Å². The highest BCUT2D eigenvalue weighted by Crippen LogP contribution is 2.33. The van der Waals surface area contributed by atoms with Crippen LogP contribution < -0.4 is 14.7 Å². The van der Waals surface area contributed by atoms with Crippen molar-refractivity contribution in [2.75, 3.05) is 19.8 Å². The minimum atomic E-state index is -3.00. The van der Waals surface area contributed by atoms with Crippen molar-refractivity contribution in [2.45, 2.75) is 73.5 Å². The molecule has 1 rings (SSSR count). The Morgan fingerprint density at radius 2 is 1.12 bits per heavy atom. The van der Waals surface area contributed by atoms with Crippen molar-refractivity contribution >= 4 is 14.0 Å². The van der Waals surface area contributed by atoms with Gasteiger partial charge in [0.25, 0.3) is 0 Å². The second kappa shape index (κ2) is 9.22. The second-order valence-corrected chi connectivity index (χ2v) is 10.5. The Labute approximate surface area is 160 Å². The van der Waals surface area contributed by atoms with Gasteiger partial charge in [-0.2, -0.15) is 0 Å². The smallest absolute Gasteiger partial charge is 0.484 e. The molecule has 26 heavy (non-hydrogen) atoms. The van der Waals surface area contributed by atoms with Gasteiger partial charge in [0.1, 0.15) is 11.2 Å². The molecule has 6 heteroatoms. The first-order chi connectivity index (χ1) is 12.0. The lowest BCUT2D eigenvalue weighted by atomic mass is 10.1. The Hall–Kier alpha value is -1.08. The second-order valence-electron chi connectivity index (χ2n) is 7.95. The van der Waals surface area contributed by atoms with Crippen molar-refractivity contribution in [1.29, 1.82) is 0 Å². The molecule has 0 aliphatic carbocycles. The summed E-state index contributed by atoms with van der Waals surface area (Å²) in [5, 5.41) is 0.878. The van der Waals surface area contributed by atoms with Crippen LogP contribution in [0.1, 0.15) is 62.3 Å². The van der Waals surface area contributed by atoms with E-state index in [4.69, 9.17) is 22.8 Å². The molecule has 0 aromatic heterocycles. The van der Waals surface area contributed by atoms with Crippen molar-refractivity contribution in [2.24, 2.45) is 0 Å². The predicted molar refractivity (Wildman–Crippen MR) is 107 cm³/mol. The Kier molecular flexibility index (Phi) is 8.14. The molecule has 1 aromatic rings. The van der Waals surface area contributed by atoms with Crippen LogP contribution in [0, 0.1) is 0 Å². The highest BCUT2D eigenvalue weighted by atomic mass is 28.4. The zero-order chi connectivity index (χ0) is 20.0. The molecule has 0 fully saturated rings. The van der Waals surface area contributed by atoms with Gasteiger partial charge in [-0.05, 0) is 74.4 Å². The predicted octanol–water partition coefficient (Wildman–Crippen LogP) is 4.30. The van der Waals surface area contributed by atoms with Gasteiger partial charge >= 0.3 is 8.80 Å². The first kappa shape index (κ1) is 23.0. The largest absolute Gasteiger partial charge is 0.537 e. The Balaban J connectivity index is 3.43. The van der Waals surface area contributed by atoms with Gasteiger partial charge < -0.3 is 22.8 Å². The third-order valence-corrected chi connectivity index (χ3v) is 6.16. The maximum absolute atomic E-state index is 6.18. The van der Waals surface area contributed by atoms with Crippen LogP contribution in [0.4, 0.5) is 0 Å².